The number of tetrazole rings is 1. The zero-order valence-corrected chi connectivity index (χ0v) is 19.1. The normalized spacial score (nSPS) is 15.1. The minimum Gasteiger partial charge on any atom is -0.493 e. The number of ether oxygens (including phenoxy) is 2. The van der Waals surface area contributed by atoms with Crippen LogP contribution in [-0.4, -0.2) is 40.3 Å². The smallest absolute Gasteiger partial charge is 0.255 e. The number of hydrogen-bond donors (Lipinski definition) is 2. The number of rotatable bonds is 5. The van der Waals surface area contributed by atoms with Crippen molar-refractivity contribution in [2.75, 3.05) is 24.9 Å². The van der Waals surface area contributed by atoms with E-state index in [1.54, 1.807) is 16.8 Å². The minimum atomic E-state index is -0.635. The molecule has 1 atom stereocenters. The Morgan fingerprint density at radius 2 is 1.94 bits per heavy atom. The number of hydrogen-bond acceptors (Lipinski definition) is 7. The number of nitrogens with zero attached hydrogens (tertiary/aromatic N) is 4. The molecular formula is C22H23ClN6O3. The van der Waals surface area contributed by atoms with Crippen LogP contribution in [0.2, 0.25) is 5.02 Å². The van der Waals surface area contributed by atoms with Crippen molar-refractivity contribution in [1.29, 1.82) is 0 Å². The summed E-state index contributed by atoms with van der Waals surface area (Å²) in [6.45, 7) is 5.77. The van der Waals surface area contributed by atoms with E-state index in [4.69, 9.17) is 21.1 Å². The molecule has 1 amide bonds. The van der Waals surface area contributed by atoms with E-state index in [-0.39, 0.29) is 5.91 Å². The molecule has 32 heavy (non-hydrogen) atoms. The van der Waals surface area contributed by atoms with Gasteiger partial charge in [-0.1, -0.05) is 34.4 Å². The molecule has 0 spiro atoms. The second-order valence-electron chi connectivity index (χ2n) is 7.52. The quantitative estimate of drug-likeness (QED) is 0.602. The van der Waals surface area contributed by atoms with Gasteiger partial charge >= 0.3 is 0 Å². The first kappa shape index (κ1) is 21.6. The van der Waals surface area contributed by atoms with Crippen molar-refractivity contribution >= 4 is 29.1 Å². The summed E-state index contributed by atoms with van der Waals surface area (Å²) in [7, 11) is 3.04. The molecule has 10 heteroatoms. The first-order chi connectivity index (χ1) is 15.3. The number of aryl methyl sites for hydroxylation is 2. The molecule has 1 unspecified atom stereocenters. The molecule has 1 aromatic heterocycles. The number of fused-ring (bicyclic) bond motifs is 1. The Bertz CT molecular complexity index is 1240. The van der Waals surface area contributed by atoms with E-state index in [1.165, 1.54) is 14.2 Å². The average Bonchev–Trinajstić information content (AvgIpc) is 3.21. The van der Waals surface area contributed by atoms with Gasteiger partial charge in [-0.2, -0.15) is 4.68 Å². The summed E-state index contributed by atoms with van der Waals surface area (Å²) < 4.78 is 12.4. The molecule has 166 valence electrons. The van der Waals surface area contributed by atoms with Gasteiger partial charge in [0, 0.05) is 11.4 Å². The number of benzene rings is 2. The molecule has 4 rings (SSSR count). The van der Waals surface area contributed by atoms with E-state index in [2.05, 4.69) is 26.2 Å². The predicted octanol–water partition coefficient (Wildman–Crippen LogP) is 3.89. The SMILES string of the molecule is COc1cc(C2C(C(=O)Nc3ccc(C)cc3C)=C(C)Nc3nnnn32)cc(Cl)c1OC. The van der Waals surface area contributed by atoms with Gasteiger partial charge in [-0.15, -0.1) is 0 Å². The topological polar surface area (TPSA) is 103 Å². The van der Waals surface area contributed by atoms with E-state index < -0.39 is 6.04 Å². The van der Waals surface area contributed by atoms with Gasteiger partial charge in [0.25, 0.3) is 5.91 Å². The molecule has 9 nitrogen and oxygen atoms in total. The number of carbonyl (C=O) groups excluding carboxylic acids is 1. The number of methoxy groups -OCH3 is 2. The number of amides is 1. The minimum absolute atomic E-state index is 0.279. The number of carbonyl (C=O) groups is 1. The van der Waals surface area contributed by atoms with Crippen LogP contribution in [0, 0.1) is 13.8 Å². The Morgan fingerprint density at radius 3 is 2.62 bits per heavy atom. The molecular weight excluding hydrogens is 432 g/mol. The second-order valence-corrected chi connectivity index (χ2v) is 7.93. The summed E-state index contributed by atoms with van der Waals surface area (Å²) in [4.78, 5) is 13.5. The fourth-order valence-corrected chi connectivity index (χ4v) is 4.15. The first-order valence-electron chi connectivity index (χ1n) is 9.89. The van der Waals surface area contributed by atoms with Crippen LogP contribution in [0.15, 0.2) is 41.6 Å². The Hall–Kier alpha value is -3.59. The van der Waals surface area contributed by atoms with Gasteiger partial charge in [-0.25, -0.2) is 0 Å². The Balaban J connectivity index is 1.82. The zero-order chi connectivity index (χ0) is 23.0. The van der Waals surface area contributed by atoms with Gasteiger partial charge in [0.1, 0.15) is 6.04 Å². The second kappa shape index (κ2) is 8.51. The van der Waals surface area contributed by atoms with Crippen LogP contribution in [0.5, 0.6) is 11.5 Å². The lowest BCUT2D eigenvalue weighted by atomic mass is 9.94. The molecule has 1 aliphatic rings. The Labute approximate surface area is 190 Å². The maximum Gasteiger partial charge on any atom is 0.255 e. The average molecular weight is 455 g/mol. The summed E-state index contributed by atoms with van der Waals surface area (Å²) in [6.07, 6.45) is 0. The van der Waals surface area contributed by atoms with E-state index >= 15 is 0 Å². The Kier molecular flexibility index (Phi) is 5.75. The molecule has 1 aliphatic heterocycles. The van der Waals surface area contributed by atoms with Crippen LogP contribution < -0.4 is 20.1 Å². The van der Waals surface area contributed by atoms with Gasteiger partial charge in [0.05, 0.1) is 24.8 Å². The van der Waals surface area contributed by atoms with E-state index in [0.29, 0.717) is 39.3 Å². The van der Waals surface area contributed by atoms with Gasteiger partial charge in [-0.3, -0.25) is 4.79 Å². The molecule has 0 saturated carbocycles. The summed E-state index contributed by atoms with van der Waals surface area (Å²) in [5.74, 6) is 0.987. The summed E-state index contributed by atoms with van der Waals surface area (Å²) in [6, 6.07) is 8.71. The van der Waals surface area contributed by atoms with Crippen LogP contribution >= 0.6 is 11.6 Å². The van der Waals surface area contributed by atoms with Crippen molar-refractivity contribution in [3.63, 3.8) is 0 Å². The van der Waals surface area contributed by atoms with E-state index in [9.17, 15) is 4.79 Å². The Morgan fingerprint density at radius 1 is 1.16 bits per heavy atom. The fourth-order valence-electron chi connectivity index (χ4n) is 3.85. The standard InChI is InChI=1S/C22H23ClN6O3/c1-11-6-7-16(12(2)8-11)25-21(30)18-13(3)24-22-26-27-28-29(22)19(18)14-9-15(23)20(32-5)17(10-14)31-4/h6-10,19H,1-5H3,(H,25,30)(H,24,26,28). The van der Waals surface area contributed by atoms with Gasteiger partial charge in [0.15, 0.2) is 11.5 Å². The van der Waals surface area contributed by atoms with Crippen LogP contribution in [0.25, 0.3) is 0 Å². The summed E-state index contributed by atoms with van der Waals surface area (Å²) in [5.41, 5.74) is 4.57. The number of halogens is 1. The third-order valence-corrected chi connectivity index (χ3v) is 5.64. The highest BCUT2D eigenvalue weighted by atomic mass is 35.5. The maximum atomic E-state index is 13.5. The molecule has 0 radical (unpaired) electrons. The van der Waals surface area contributed by atoms with E-state index in [0.717, 1.165) is 16.8 Å². The maximum absolute atomic E-state index is 13.5. The molecule has 2 heterocycles. The molecule has 0 fully saturated rings. The molecule has 2 N–H and O–H groups in total. The third kappa shape index (κ3) is 3.75. The van der Waals surface area contributed by atoms with Gasteiger partial charge in [-0.05, 0) is 60.5 Å². The fraction of sp³-hybridized carbons (Fsp3) is 0.273. The zero-order valence-electron chi connectivity index (χ0n) is 18.4. The largest absolute Gasteiger partial charge is 0.493 e. The highest BCUT2D eigenvalue weighted by Crippen LogP contribution is 2.42. The van der Waals surface area contributed by atoms with Crippen LogP contribution in [0.1, 0.15) is 29.7 Å². The number of aromatic nitrogens is 4. The van der Waals surface area contributed by atoms with Gasteiger partial charge in [0.2, 0.25) is 5.95 Å². The highest BCUT2D eigenvalue weighted by molar-refractivity contribution is 6.32. The monoisotopic (exact) mass is 454 g/mol. The number of allylic oxidation sites excluding steroid dienone is 1. The van der Waals surface area contributed by atoms with Crippen molar-refractivity contribution in [2.24, 2.45) is 0 Å². The predicted molar refractivity (Wildman–Crippen MR) is 121 cm³/mol. The molecule has 0 bridgehead atoms. The summed E-state index contributed by atoms with van der Waals surface area (Å²) in [5, 5.41) is 18.4. The van der Waals surface area contributed by atoms with E-state index in [1.807, 2.05) is 39.0 Å². The van der Waals surface area contributed by atoms with Crippen LogP contribution in [0.3, 0.4) is 0 Å². The highest BCUT2D eigenvalue weighted by Gasteiger charge is 2.35. The van der Waals surface area contributed by atoms with Crippen molar-refractivity contribution in [2.45, 2.75) is 26.8 Å². The molecule has 2 aromatic carbocycles. The van der Waals surface area contributed by atoms with Crippen molar-refractivity contribution in [3.8, 4) is 11.5 Å². The van der Waals surface area contributed by atoms with Crippen molar-refractivity contribution in [1.82, 2.24) is 20.2 Å². The van der Waals surface area contributed by atoms with Crippen LogP contribution in [-0.2, 0) is 4.79 Å². The number of nitrogens with one attached hydrogen (secondary N) is 2. The first-order valence-corrected chi connectivity index (χ1v) is 10.3. The lowest BCUT2D eigenvalue weighted by molar-refractivity contribution is -0.113. The molecule has 0 aliphatic carbocycles. The van der Waals surface area contributed by atoms with Crippen LogP contribution in [0.4, 0.5) is 11.6 Å². The van der Waals surface area contributed by atoms with Crippen molar-refractivity contribution in [3.05, 3.63) is 63.3 Å². The van der Waals surface area contributed by atoms with Gasteiger partial charge < -0.3 is 20.1 Å². The third-order valence-electron chi connectivity index (χ3n) is 5.36. The molecule has 0 saturated heterocycles. The lowest BCUT2D eigenvalue weighted by Gasteiger charge is -2.28. The molecule has 3 aromatic rings. The number of anilines is 2. The lowest BCUT2D eigenvalue weighted by Crippen LogP contribution is -2.31. The summed E-state index contributed by atoms with van der Waals surface area (Å²) >= 11 is 6.46. The van der Waals surface area contributed by atoms with Crippen molar-refractivity contribution < 1.29 is 14.3 Å².